The maximum atomic E-state index is 13.3. The number of benzene rings is 1. The number of rotatable bonds is 3. The highest BCUT2D eigenvalue weighted by atomic mass is 19.1. The smallest absolute Gasteiger partial charge is 0.260 e. The number of ether oxygens (including phenoxy) is 1. The molecule has 0 bridgehead atoms. The van der Waals surface area contributed by atoms with Gasteiger partial charge in [-0.15, -0.1) is 0 Å². The van der Waals surface area contributed by atoms with Crippen LogP contribution in [0.2, 0.25) is 0 Å². The van der Waals surface area contributed by atoms with Crippen LogP contribution in [0.25, 0.3) is 0 Å². The van der Waals surface area contributed by atoms with Gasteiger partial charge in [-0.05, 0) is 17.7 Å². The minimum absolute atomic E-state index is 0.0697. The van der Waals surface area contributed by atoms with Crippen LogP contribution >= 0.6 is 0 Å². The molecule has 5 nitrogen and oxygen atoms in total. The van der Waals surface area contributed by atoms with Crippen LogP contribution in [0.4, 0.5) is 10.3 Å². The van der Waals surface area contributed by atoms with Gasteiger partial charge in [-0.2, -0.15) is 9.37 Å². The Morgan fingerprint density at radius 1 is 1.41 bits per heavy atom. The van der Waals surface area contributed by atoms with Crippen LogP contribution in [0.15, 0.2) is 30.5 Å². The highest BCUT2D eigenvalue weighted by molar-refractivity contribution is 5.32. The average Bonchev–Trinajstić information content (AvgIpc) is 2.34. The summed E-state index contributed by atoms with van der Waals surface area (Å²) in [6.07, 6.45) is 0.938. The molecule has 0 atom stereocenters. The van der Waals surface area contributed by atoms with E-state index in [0.717, 1.165) is 6.20 Å². The number of halogens is 1. The van der Waals surface area contributed by atoms with Crippen LogP contribution in [0.3, 0.4) is 0 Å². The molecule has 17 heavy (non-hydrogen) atoms. The van der Waals surface area contributed by atoms with Gasteiger partial charge in [0.15, 0.2) is 0 Å². The van der Waals surface area contributed by atoms with Gasteiger partial charge in [0, 0.05) is 0 Å². The summed E-state index contributed by atoms with van der Waals surface area (Å²) in [6, 6.07) is 6.61. The Balaban J connectivity index is 2.27. The number of hydrogen-bond acceptors (Lipinski definition) is 5. The molecule has 0 saturated heterocycles. The number of hydrogen-bond donors (Lipinski definition) is 2. The number of aliphatic hydroxyl groups is 1. The first-order valence-corrected chi connectivity index (χ1v) is 4.84. The number of nitrogens with zero attached hydrogens (tertiary/aromatic N) is 2. The molecule has 2 rings (SSSR count). The van der Waals surface area contributed by atoms with Crippen LogP contribution in [0.5, 0.6) is 11.6 Å². The van der Waals surface area contributed by atoms with Gasteiger partial charge < -0.3 is 15.6 Å². The minimum Gasteiger partial charge on any atom is -0.436 e. The van der Waals surface area contributed by atoms with Gasteiger partial charge in [0.25, 0.3) is 5.88 Å². The van der Waals surface area contributed by atoms with Crippen LogP contribution in [-0.4, -0.2) is 15.1 Å². The monoisotopic (exact) mass is 235 g/mol. The topological polar surface area (TPSA) is 81.3 Å². The molecule has 0 spiro atoms. The molecule has 1 heterocycles. The van der Waals surface area contributed by atoms with E-state index in [1.807, 2.05) is 0 Å². The second kappa shape index (κ2) is 4.75. The Hall–Kier alpha value is -2.21. The fraction of sp³-hybridized carbons (Fsp3) is 0.0909. The maximum absolute atomic E-state index is 13.3. The largest absolute Gasteiger partial charge is 0.436 e. The first kappa shape index (κ1) is 11.3. The van der Waals surface area contributed by atoms with E-state index < -0.39 is 5.82 Å². The lowest BCUT2D eigenvalue weighted by molar-refractivity contribution is 0.281. The van der Waals surface area contributed by atoms with Gasteiger partial charge in [0.2, 0.25) is 11.8 Å². The van der Waals surface area contributed by atoms with Gasteiger partial charge in [-0.1, -0.05) is 12.1 Å². The third kappa shape index (κ3) is 2.67. The lowest BCUT2D eigenvalue weighted by Crippen LogP contribution is -1.99. The summed E-state index contributed by atoms with van der Waals surface area (Å²) in [7, 11) is 0. The van der Waals surface area contributed by atoms with E-state index in [0.29, 0.717) is 11.3 Å². The van der Waals surface area contributed by atoms with Crippen molar-refractivity contribution in [3.63, 3.8) is 0 Å². The molecule has 6 heteroatoms. The molecule has 0 unspecified atom stereocenters. The standard InChI is InChI=1S/C11H10FN3O2/c12-9-5-14-11(13)15-10(9)17-8-3-1-2-7(4-8)6-16/h1-5,16H,6H2,(H2,13,14,15). The van der Waals surface area contributed by atoms with Crippen LogP contribution < -0.4 is 10.5 Å². The van der Waals surface area contributed by atoms with E-state index >= 15 is 0 Å². The van der Waals surface area contributed by atoms with E-state index in [2.05, 4.69) is 9.97 Å². The zero-order valence-electron chi connectivity index (χ0n) is 8.80. The number of nitrogen functional groups attached to an aromatic ring is 1. The Labute approximate surface area is 96.7 Å². The van der Waals surface area contributed by atoms with E-state index in [4.69, 9.17) is 15.6 Å². The van der Waals surface area contributed by atoms with Gasteiger partial charge in [-0.25, -0.2) is 4.98 Å². The highest BCUT2D eigenvalue weighted by Gasteiger charge is 2.08. The second-order valence-electron chi connectivity index (χ2n) is 3.29. The van der Waals surface area contributed by atoms with Gasteiger partial charge in [0.1, 0.15) is 5.75 Å². The van der Waals surface area contributed by atoms with Gasteiger partial charge in [0.05, 0.1) is 12.8 Å². The van der Waals surface area contributed by atoms with Crippen LogP contribution in [0.1, 0.15) is 5.56 Å². The first-order chi connectivity index (χ1) is 8.19. The zero-order chi connectivity index (χ0) is 12.3. The van der Waals surface area contributed by atoms with Crippen molar-refractivity contribution in [2.45, 2.75) is 6.61 Å². The molecular weight excluding hydrogens is 225 g/mol. The third-order valence-corrected chi connectivity index (χ3v) is 2.03. The molecule has 0 saturated carbocycles. The fourth-order valence-electron chi connectivity index (χ4n) is 1.25. The summed E-state index contributed by atoms with van der Waals surface area (Å²) in [6.45, 7) is -0.119. The van der Waals surface area contributed by atoms with E-state index in [1.165, 1.54) is 0 Å². The van der Waals surface area contributed by atoms with Crippen LogP contribution in [0, 0.1) is 5.82 Å². The third-order valence-electron chi connectivity index (χ3n) is 2.03. The van der Waals surface area contributed by atoms with Crippen molar-refractivity contribution in [1.82, 2.24) is 9.97 Å². The normalized spacial score (nSPS) is 10.2. The molecule has 0 amide bonds. The lowest BCUT2D eigenvalue weighted by atomic mass is 10.2. The number of anilines is 1. The van der Waals surface area contributed by atoms with E-state index in [9.17, 15) is 4.39 Å². The SMILES string of the molecule is Nc1ncc(F)c(Oc2cccc(CO)c2)n1. The summed E-state index contributed by atoms with van der Waals surface area (Å²) < 4.78 is 18.5. The summed E-state index contributed by atoms with van der Waals surface area (Å²) in [5.74, 6) is -0.644. The summed E-state index contributed by atoms with van der Waals surface area (Å²) in [5, 5.41) is 8.95. The fourth-order valence-corrected chi connectivity index (χ4v) is 1.25. The maximum Gasteiger partial charge on any atom is 0.260 e. The molecule has 0 aliphatic heterocycles. The Bertz CT molecular complexity index is 534. The molecule has 3 N–H and O–H groups in total. The van der Waals surface area contributed by atoms with Crippen LogP contribution in [-0.2, 0) is 6.61 Å². The predicted molar refractivity (Wildman–Crippen MR) is 58.8 cm³/mol. The molecule has 2 aromatic rings. The molecule has 0 fully saturated rings. The zero-order valence-corrected chi connectivity index (χ0v) is 8.80. The predicted octanol–water partition coefficient (Wildman–Crippen LogP) is 1.48. The summed E-state index contributed by atoms with van der Waals surface area (Å²) in [5.41, 5.74) is 5.99. The lowest BCUT2D eigenvalue weighted by Gasteiger charge is -2.06. The van der Waals surface area contributed by atoms with Crippen molar-refractivity contribution in [3.8, 4) is 11.6 Å². The van der Waals surface area contributed by atoms with Gasteiger partial charge >= 0.3 is 0 Å². The average molecular weight is 235 g/mol. The summed E-state index contributed by atoms with van der Waals surface area (Å²) in [4.78, 5) is 7.12. The quantitative estimate of drug-likeness (QED) is 0.842. The second-order valence-corrected chi connectivity index (χ2v) is 3.29. The molecule has 1 aromatic carbocycles. The Kier molecular flexibility index (Phi) is 3.15. The van der Waals surface area contributed by atoms with E-state index in [1.54, 1.807) is 24.3 Å². The number of nitrogens with two attached hydrogens (primary N) is 1. The Morgan fingerprint density at radius 3 is 3.00 bits per heavy atom. The van der Waals surface area contributed by atoms with Gasteiger partial charge in [-0.3, -0.25) is 0 Å². The number of aliphatic hydroxyl groups excluding tert-OH is 1. The van der Waals surface area contributed by atoms with Crippen molar-refractivity contribution in [1.29, 1.82) is 0 Å². The Morgan fingerprint density at radius 2 is 2.24 bits per heavy atom. The summed E-state index contributed by atoms with van der Waals surface area (Å²) >= 11 is 0. The molecular formula is C11H10FN3O2. The molecule has 0 aliphatic carbocycles. The van der Waals surface area contributed by atoms with Crippen molar-refractivity contribution >= 4 is 5.95 Å². The van der Waals surface area contributed by atoms with Crippen molar-refractivity contribution in [2.24, 2.45) is 0 Å². The first-order valence-electron chi connectivity index (χ1n) is 4.84. The number of aromatic nitrogens is 2. The molecule has 1 aromatic heterocycles. The van der Waals surface area contributed by atoms with Crippen molar-refractivity contribution < 1.29 is 14.2 Å². The highest BCUT2D eigenvalue weighted by Crippen LogP contribution is 2.23. The van der Waals surface area contributed by atoms with Crippen molar-refractivity contribution in [3.05, 3.63) is 41.8 Å². The molecule has 88 valence electrons. The minimum atomic E-state index is -0.700. The van der Waals surface area contributed by atoms with E-state index in [-0.39, 0.29) is 18.4 Å². The molecule has 0 radical (unpaired) electrons. The molecule has 0 aliphatic rings. The van der Waals surface area contributed by atoms with Crippen molar-refractivity contribution in [2.75, 3.05) is 5.73 Å².